The zero-order valence-electron chi connectivity index (χ0n) is 21.4. The molecule has 7 nitrogen and oxygen atoms in total. The van der Waals surface area contributed by atoms with E-state index in [9.17, 15) is 14.4 Å². The fraction of sp³-hybridized carbons (Fsp3) is 0.129. The van der Waals surface area contributed by atoms with Crippen LogP contribution in [0.5, 0.6) is 11.5 Å². The van der Waals surface area contributed by atoms with Crippen molar-refractivity contribution < 1.29 is 23.9 Å². The van der Waals surface area contributed by atoms with Gasteiger partial charge in [0.1, 0.15) is 12.2 Å². The first-order valence-electron chi connectivity index (χ1n) is 12.4. The molecule has 0 spiro atoms. The van der Waals surface area contributed by atoms with Crippen LogP contribution in [0.15, 0.2) is 88.9 Å². The second kappa shape index (κ2) is 11.1. The lowest BCUT2D eigenvalue weighted by molar-refractivity contribution is -0.122. The minimum absolute atomic E-state index is 0.172. The van der Waals surface area contributed by atoms with Crippen LogP contribution < -0.4 is 19.7 Å². The molecule has 4 amide bonds. The van der Waals surface area contributed by atoms with E-state index in [-0.39, 0.29) is 5.57 Å². The number of benzene rings is 4. The molecule has 5 rings (SSSR count). The number of carbonyl (C=O) groups excluding carboxylic acids is 3. The number of hydrogen-bond acceptors (Lipinski definition) is 5. The number of urea groups is 1. The van der Waals surface area contributed by atoms with E-state index in [0.29, 0.717) is 40.4 Å². The molecule has 1 saturated heterocycles. The average Bonchev–Trinajstić information content (AvgIpc) is 2.91. The van der Waals surface area contributed by atoms with Crippen LogP contribution in [0.3, 0.4) is 0 Å². The van der Waals surface area contributed by atoms with Crippen LogP contribution in [0.25, 0.3) is 16.8 Å². The van der Waals surface area contributed by atoms with Crippen LogP contribution in [0.2, 0.25) is 0 Å². The first-order chi connectivity index (χ1) is 18.8. The molecule has 1 heterocycles. The van der Waals surface area contributed by atoms with Crippen molar-refractivity contribution in [3.05, 3.63) is 106 Å². The van der Waals surface area contributed by atoms with Crippen LogP contribution in [0.4, 0.5) is 10.5 Å². The topological polar surface area (TPSA) is 84.9 Å². The fourth-order valence-electron chi connectivity index (χ4n) is 4.31. The molecule has 0 aliphatic carbocycles. The van der Waals surface area contributed by atoms with Gasteiger partial charge in [-0.2, -0.15) is 0 Å². The first-order valence-corrected chi connectivity index (χ1v) is 13.2. The Kier molecular flexibility index (Phi) is 7.47. The van der Waals surface area contributed by atoms with Crippen LogP contribution >= 0.6 is 15.9 Å². The Balaban J connectivity index is 1.43. The van der Waals surface area contributed by atoms with Gasteiger partial charge in [-0.3, -0.25) is 14.9 Å². The smallest absolute Gasteiger partial charge is 0.335 e. The highest BCUT2D eigenvalue weighted by atomic mass is 79.9. The summed E-state index contributed by atoms with van der Waals surface area (Å²) in [5.74, 6) is -0.518. The predicted octanol–water partition coefficient (Wildman–Crippen LogP) is 6.55. The van der Waals surface area contributed by atoms with Gasteiger partial charge in [-0.25, -0.2) is 9.69 Å². The number of hydrogen-bond donors (Lipinski definition) is 1. The summed E-state index contributed by atoms with van der Waals surface area (Å²) in [6.07, 6.45) is 1.44. The summed E-state index contributed by atoms with van der Waals surface area (Å²) in [6.45, 7) is 4.46. The summed E-state index contributed by atoms with van der Waals surface area (Å²) in [5.41, 5.74) is 2.70. The molecule has 1 fully saturated rings. The van der Waals surface area contributed by atoms with Gasteiger partial charge in [0.15, 0.2) is 11.5 Å². The third-order valence-electron chi connectivity index (χ3n) is 6.23. The number of imide groups is 2. The first kappa shape index (κ1) is 26.2. The van der Waals surface area contributed by atoms with Gasteiger partial charge in [0, 0.05) is 0 Å². The second-order valence-electron chi connectivity index (χ2n) is 9.03. The van der Waals surface area contributed by atoms with E-state index in [0.717, 1.165) is 26.8 Å². The number of nitrogens with zero attached hydrogens (tertiary/aromatic N) is 1. The van der Waals surface area contributed by atoms with Crippen LogP contribution in [-0.4, -0.2) is 24.5 Å². The van der Waals surface area contributed by atoms with Gasteiger partial charge < -0.3 is 9.47 Å². The molecule has 4 aromatic carbocycles. The van der Waals surface area contributed by atoms with Crippen molar-refractivity contribution in [1.82, 2.24) is 5.32 Å². The maximum absolute atomic E-state index is 13.3. The molecule has 0 radical (unpaired) electrons. The van der Waals surface area contributed by atoms with E-state index in [1.165, 1.54) is 6.08 Å². The number of halogens is 1. The van der Waals surface area contributed by atoms with Crippen molar-refractivity contribution in [2.24, 2.45) is 0 Å². The summed E-state index contributed by atoms with van der Waals surface area (Å²) >= 11 is 3.56. The molecular formula is C31H25BrN2O5. The van der Waals surface area contributed by atoms with E-state index in [1.54, 1.807) is 36.4 Å². The molecule has 0 aromatic heterocycles. The normalized spacial score (nSPS) is 14.6. The van der Waals surface area contributed by atoms with Gasteiger partial charge in [0.05, 0.1) is 16.8 Å². The molecule has 0 atom stereocenters. The highest BCUT2D eigenvalue weighted by Gasteiger charge is 2.36. The summed E-state index contributed by atoms with van der Waals surface area (Å²) < 4.78 is 12.6. The number of fused-ring (bicyclic) bond motifs is 1. The van der Waals surface area contributed by atoms with E-state index < -0.39 is 17.8 Å². The van der Waals surface area contributed by atoms with E-state index in [2.05, 4.69) is 45.5 Å². The largest absolute Gasteiger partial charge is 0.490 e. The van der Waals surface area contributed by atoms with E-state index in [1.807, 2.05) is 32.0 Å². The lowest BCUT2D eigenvalue weighted by atomic mass is 10.1. The van der Waals surface area contributed by atoms with Gasteiger partial charge in [0.2, 0.25) is 0 Å². The highest BCUT2D eigenvalue weighted by Crippen LogP contribution is 2.38. The molecule has 39 heavy (non-hydrogen) atoms. The molecule has 1 N–H and O–H groups in total. The Morgan fingerprint density at radius 2 is 1.64 bits per heavy atom. The predicted molar refractivity (Wildman–Crippen MR) is 154 cm³/mol. The Bertz CT molecular complexity index is 1630. The fourth-order valence-corrected chi connectivity index (χ4v) is 4.88. The third-order valence-corrected chi connectivity index (χ3v) is 6.82. The van der Waals surface area contributed by atoms with Gasteiger partial charge in [0.25, 0.3) is 11.8 Å². The van der Waals surface area contributed by atoms with Crippen molar-refractivity contribution >= 4 is 56.3 Å². The Labute approximate surface area is 234 Å². The summed E-state index contributed by atoms with van der Waals surface area (Å²) in [5, 5.41) is 4.53. The number of aryl methyl sites for hydroxylation is 1. The molecule has 0 bridgehead atoms. The van der Waals surface area contributed by atoms with E-state index in [4.69, 9.17) is 9.47 Å². The number of barbiturate groups is 1. The number of nitrogens with one attached hydrogen (secondary N) is 1. The molecule has 196 valence electrons. The maximum atomic E-state index is 13.3. The van der Waals surface area contributed by atoms with Gasteiger partial charge in [-0.15, -0.1) is 0 Å². The minimum atomic E-state index is -0.792. The Morgan fingerprint density at radius 3 is 2.38 bits per heavy atom. The highest BCUT2D eigenvalue weighted by molar-refractivity contribution is 9.10. The molecule has 0 unspecified atom stereocenters. The van der Waals surface area contributed by atoms with Gasteiger partial charge in [-0.1, -0.05) is 54.1 Å². The van der Waals surface area contributed by atoms with Crippen LogP contribution in [0.1, 0.15) is 23.6 Å². The molecule has 0 saturated carbocycles. The van der Waals surface area contributed by atoms with Crippen molar-refractivity contribution in [1.29, 1.82) is 0 Å². The molecule has 4 aromatic rings. The maximum Gasteiger partial charge on any atom is 0.335 e. The molecule has 1 aliphatic rings. The van der Waals surface area contributed by atoms with Crippen LogP contribution in [-0.2, 0) is 16.2 Å². The summed E-state index contributed by atoms with van der Waals surface area (Å²) in [4.78, 5) is 39.4. The SMILES string of the molecule is CCOc1cc(/C=C2\C(=O)NC(=O)N(c3ccc(C)cc3)C2=O)cc(Br)c1OCc1ccc2ccccc2c1. The van der Waals surface area contributed by atoms with Crippen molar-refractivity contribution in [2.45, 2.75) is 20.5 Å². The van der Waals surface area contributed by atoms with Gasteiger partial charge >= 0.3 is 6.03 Å². The monoisotopic (exact) mass is 584 g/mol. The standard InChI is InChI=1S/C31H25BrN2O5/c1-3-38-27-17-21(15-25-29(35)33-31(37)34(30(25)36)24-12-8-19(2)9-13-24)16-26(32)28(27)39-18-20-10-11-22-6-4-5-7-23(22)14-20/h4-17H,3,18H2,1-2H3,(H,33,35,37)/b25-15+. The number of amides is 4. The Hall–Kier alpha value is -4.43. The number of carbonyl (C=O) groups is 3. The summed E-state index contributed by atoms with van der Waals surface area (Å²) in [6, 6.07) is 23.8. The van der Waals surface area contributed by atoms with E-state index >= 15 is 0 Å². The minimum Gasteiger partial charge on any atom is -0.490 e. The number of rotatable bonds is 7. The lowest BCUT2D eigenvalue weighted by Crippen LogP contribution is -2.54. The van der Waals surface area contributed by atoms with Crippen molar-refractivity contribution in [2.75, 3.05) is 11.5 Å². The van der Waals surface area contributed by atoms with Crippen molar-refractivity contribution in [3.63, 3.8) is 0 Å². The average molecular weight is 585 g/mol. The molecule has 1 aliphatic heterocycles. The number of anilines is 1. The van der Waals surface area contributed by atoms with Crippen molar-refractivity contribution in [3.8, 4) is 11.5 Å². The molecule has 8 heteroatoms. The Morgan fingerprint density at radius 1 is 0.897 bits per heavy atom. The third kappa shape index (κ3) is 5.56. The molecular weight excluding hydrogens is 560 g/mol. The summed E-state index contributed by atoms with van der Waals surface area (Å²) in [7, 11) is 0. The quantitative estimate of drug-likeness (QED) is 0.196. The zero-order chi connectivity index (χ0) is 27.5. The van der Waals surface area contributed by atoms with Crippen LogP contribution in [0, 0.1) is 6.92 Å². The lowest BCUT2D eigenvalue weighted by Gasteiger charge is -2.26. The van der Waals surface area contributed by atoms with Gasteiger partial charge in [-0.05, 0) is 88.1 Å². The zero-order valence-corrected chi connectivity index (χ0v) is 22.9. The second-order valence-corrected chi connectivity index (χ2v) is 9.88. The number of ether oxygens (including phenoxy) is 2.